The summed E-state index contributed by atoms with van der Waals surface area (Å²) < 4.78 is 7.40. The van der Waals surface area contributed by atoms with Crippen molar-refractivity contribution in [1.29, 1.82) is 0 Å². The van der Waals surface area contributed by atoms with Crippen molar-refractivity contribution in [3.63, 3.8) is 0 Å². The van der Waals surface area contributed by atoms with Gasteiger partial charge in [0.15, 0.2) is 0 Å². The van der Waals surface area contributed by atoms with E-state index in [0.29, 0.717) is 5.92 Å². The van der Waals surface area contributed by atoms with E-state index in [0.717, 1.165) is 28.8 Å². The molecule has 3 rings (SSSR count). The highest BCUT2D eigenvalue weighted by Crippen LogP contribution is 2.21. The number of rotatable bonds is 8. The van der Waals surface area contributed by atoms with Crippen LogP contribution in [-0.2, 0) is 5.75 Å². The van der Waals surface area contributed by atoms with E-state index in [1.54, 1.807) is 29.0 Å². The van der Waals surface area contributed by atoms with Crippen LogP contribution >= 0.6 is 11.8 Å². The molecule has 6 heteroatoms. The van der Waals surface area contributed by atoms with Crippen LogP contribution in [0.3, 0.4) is 0 Å². The Morgan fingerprint density at radius 3 is 2.56 bits per heavy atom. The van der Waals surface area contributed by atoms with Crippen LogP contribution in [0.4, 0.5) is 0 Å². The molecule has 0 unspecified atom stereocenters. The lowest BCUT2D eigenvalue weighted by Gasteiger charge is -2.08. The Morgan fingerprint density at radius 2 is 1.85 bits per heavy atom. The van der Waals surface area contributed by atoms with Crippen LogP contribution < -0.4 is 4.74 Å². The third-order valence-corrected chi connectivity index (χ3v) is 4.79. The standard InChI is InChI=1S/C21H24N4OS/c1-16(2)13-26-20-10-8-18(9-11-20)12-23-25-15-22-24-21(25)27-14-19-6-4-17(3)5-7-19/h4-12,15-16H,13-14H2,1-3H3/b23-12-. The summed E-state index contributed by atoms with van der Waals surface area (Å²) in [5.74, 6) is 2.21. The molecule has 0 saturated carbocycles. The van der Waals surface area contributed by atoms with Crippen molar-refractivity contribution in [2.75, 3.05) is 6.61 Å². The first kappa shape index (κ1) is 19.2. The minimum absolute atomic E-state index is 0.510. The number of thioether (sulfide) groups is 1. The predicted molar refractivity (Wildman–Crippen MR) is 111 cm³/mol. The minimum Gasteiger partial charge on any atom is -0.493 e. The predicted octanol–water partition coefficient (Wildman–Crippen LogP) is 4.80. The summed E-state index contributed by atoms with van der Waals surface area (Å²) in [6, 6.07) is 16.4. The summed E-state index contributed by atoms with van der Waals surface area (Å²) in [5, 5.41) is 13.4. The molecular weight excluding hydrogens is 356 g/mol. The molecule has 1 heterocycles. The molecule has 27 heavy (non-hydrogen) atoms. The molecule has 0 aliphatic heterocycles. The summed E-state index contributed by atoms with van der Waals surface area (Å²) >= 11 is 1.62. The quantitative estimate of drug-likeness (QED) is 0.416. The van der Waals surface area contributed by atoms with Crippen molar-refractivity contribution in [2.45, 2.75) is 31.7 Å². The molecule has 0 spiro atoms. The molecule has 0 N–H and O–H groups in total. The third kappa shape index (κ3) is 5.96. The molecule has 5 nitrogen and oxygen atoms in total. The smallest absolute Gasteiger partial charge is 0.212 e. The maximum Gasteiger partial charge on any atom is 0.212 e. The number of nitrogens with zero attached hydrogens (tertiary/aromatic N) is 4. The van der Waals surface area contributed by atoms with Gasteiger partial charge < -0.3 is 4.74 Å². The molecule has 0 bridgehead atoms. The number of benzene rings is 2. The molecule has 0 fully saturated rings. The van der Waals surface area contributed by atoms with Crippen LogP contribution in [0.25, 0.3) is 0 Å². The van der Waals surface area contributed by atoms with Crippen molar-refractivity contribution in [1.82, 2.24) is 14.9 Å². The molecule has 0 saturated heterocycles. The van der Waals surface area contributed by atoms with Gasteiger partial charge in [-0.2, -0.15) is 9.78 Å². The van der Waals surface area contributed by atoms with E-state index in [9.17, 15) is 0 Å². The van der Waals surface area contributed by atoms with Gasteiger partial charge in [-0.1, -0.05) is 55.4 Å². The second kappa shape index (κ2) is 9.37. The fourth-order valence-electron chi connectivity index (χ4n) is 2.27. The van der Waals surface area contributed by atoms with Gasteiger partial charge in [-0.05, 0) is 48.2 Å². The zero-order chi connectivity index (χ0) is 19.1. The molecule has 0 amide bonds. The first-order chi connectivity index (χ1) is 13.1. The van der Waals surface area contributed by atoms with Gasteiger partial charge in [0.25, 0.3) is 0 Å². The van der Waals surface area contributed by atoms with Crippen molar-refractivity contribution in [3.8, 4) is 5.75 Å². The van der Waals surface area contributed by atoms with E-state index < -0.39 is 0 Å². The Morgan fingerprint density at radius 1 is 1.11 bits per heavy atom. The maximum absolute atomic E-state index is 5.70. The second-order valence-corrected chi connectivity index (χ2v) is 7.69. The normalized spacial score (nSPS) is 11.4. The highest BCUT2D eigenvalue weighted by Gasteiger charge is 2.04. The van der Waals surface area contributed by atoms with Crippen molar-refractivity contribution in [3.05, 3.63) is 71.5 Å². The van der Waals surface area contributed by atoms with E-state index >= 15 is 0 Å². The van der Waals surface area contributed by atoms with Crippen LogP contribution in [0, 0.1) is 12.8 Å². The van der Waals surface area contributed by atoms with Crippen molar-refractivity contribution >= 4 is 18.0 Å². The van der Waals surface area contributed by atoms with Gasteiger partial charge >= 0.3 is 0 Å². The lowest BCUT2D eigenvalue weighted by molar-refractivity contribution is 0.271. The third-order valence-electron chi connectivity index (χ3n) is 3.78. The van der Waals surface area contributed by atoms with Gasteiger partial charge in [0.2, 0.25) is 5.16 Å². The van der Waals surface area contributed by atoms with Crippen molar-refractivity contribution in [2.24, 2.45) is 11.0 Å². The topological polar surface area (TPSA) is 52.3 Å². The van der Waals surface area contributed by atoms with E-state index in [4.69, 9.17) is 4.74 Å². The highest BCUT2D eigenvalue weighted by molar-refractivity contribution is 7.98. The molecule has 3 aromatic rings. The molecule has 0 atom stereocenters. The van der Waals surface area contributed by atoms with Crippen LogP contribution in [-0.4, -0.2) is 27.7 Å². The Kier molecular flexibility index (Phi) is 6.65. The van der Waals surface area contributed by atoms with Gasteiger partial charge in [-0.3, -0.25) is 0 Å². The largest absolute Gasteiger partial charge is 0.493 e. The average molecular weight is 381 g/mol. The summed E-state index contributed by atoms with van der Waals surface area (Å²) in [4.78, 5) is 0. The van der Waals surface area contributed by atoms with Gasteiger partial charge in [0, 0.05) is 5.75 Å². The van der Waals surface area contributed by atoms with E-state index in [1.165, 1.54) is 11.1 Å². The van der Waals surface area contributed by atoms with Gasteiger partial charge in [0.05, 0.1) is 12.8 Å². The van der Waals surface area contributed by atoms with Crippen LogP contribution in [0.1, 0.15) is 30.5 Å². The Labute approximate surface area is 164 Å². The average Bonchev–Trinajstić information content (AvgIpc) is 3.12. The first-order valence-electron chi connectivity index (χ1n) is 8.96. The van der Waals surface area contributed by atoms with E-state index in [1.807, 2.05) is 24.3 Å². The van der Waals surface area contributed by atoms with Gasteiger partial charge in [0.1, 0.15) is 12.1 Å². The minimum atomic E-state index is 0.510. The zero-order valence-corrected chi connectivity index (χ0v) is 16.7. The summed E-state index contributed by atoms with van der Waals surface area (Å²) in [7, 11) is 0. The van der Waals surface area contributed by atoms with Crippen LogP contribution in [0.2, 0.25) is 0 Å². The lowest BCUT2D eigenvalue weighted by Crippen LogP contribution is -2.04. The maximum atomic E-state index is 5.70. The molecular formula is C21H24N4OS. The number of ether oxygens (including phenoxy) is 1. The number of hydrogen-bond acceptors (Lipinski definition) is 5. The van der Waals surface area contributed by atoms with Crippen LogP contribution in [0.5, 0.6) is 5.75 Å². The fourth-order valence-corrected chi connectivity index (χ4v) is 3.09. The monoisotopic (exact) mass is 380 g/mol. The molecule has 140 valence electrons. The molecule has 0 radical (unpaired) electrons. The Hall–Kier alpha value is -2.60. The summed E-state index contributed by atoms with van der Waals surface area (Å²) in [6.45, 7) is 7.07. The number of aromatic nitrogens is 3. The Balaban J connectivity index is 1.59. The second-order valence-electron chi connectivity index (χ2n) is 6.75. The van der Waals surface area contributed by atoms with Gasteiger partial charge in [-0.25, -0.2) is 0 Å². The first-order valence-corrected chi connectivity index (χ1v) is 9.94. The van der Waals surface area contributed by atoms with Crippen molar-refractivity contribution < 1.29 is 4.74 Å². The summed E-state index contributed by atoms with van der Waals surface area (Å²) in [6.07, 6.45) is 3.42. The zero-order valence-electron chi connectivity index (χ0n) is 15.9. The fraction of sp³-hybridized carbons (Fsp3) is 0.286. The van der Waals surface area contributed by atoms with E-state index in [-0.39, 0.29) is 0 Å². The molecule has 2 aromatic carbocycles. The van der Waals surface area contributed by atoms with E-state index in [2.05, 4.69) is 60.3 Å². The SMILES string of the molecule is Cc1ccc(CSc2nncn2/N=C\c2ccc(OCC(C)C)cc2)cc1. The highest BCUT2D eigenvalue weighted by atomic mass is 32.2. The number of aryl methyl sites for hydroxylation is 1. The Bertz CT molecular complexity index is 870. The summed E-state index contributed by atoms with van der Waals surface area (Å²) in [5.41, 5.74) is 3.51. The number of hydrogen-bond donors (Lipinski definition) is 0. The van der Waals surface area contributed by atoms with Crippen LogP contribution in [0.15, 0.2) is 65.1 Å². The van der Waals surface area contributed by atoms with Gasteiger partial charge in [-0.15, -0.1) is 10.2 Å². The molecule has 0 aliphatic rings. The molecule has 1 aromatic heterocycles. The molecule has 0 aliphatic carbocycles. The lowest BCUT2D eigenvalue weighted by atomic mass is 10.2.